The van der Waals surface area contributed by atoms with Crippen LogP contribution in [0.1, 0.15) is 11.6 Å². The predicted octanol–water partition coefficient (Wildman–Crippen LogP) is 2.07. The van der Waals surface area contributed by atoms with Crippen LogP contribution >= 0.6 is 24.0 Å². The van der Waals surface area contributed by atoms with Gasteiger partial charge >= 0.3 is 5.97 Å². The lowest BCUT2D eigenvalue weighted by molar-refractivity contribution is -0.142. The number of rotatable bonds is 2. The second-order valence-corrected chi connectivity index (χ2v) is 3.08. The van der Waals surface area contributed by atoms with Crippen LogP contribution in [0.25, 0.3) is 0 Å². The summed E-state index contributed by atoms with van der Waals surface area (Å²) in [6.07, 6.45) is 0. The van der Waals surface area contributed by atoms with Crippen LogP contribution in [0, 0.1) is 5.82 Å². The van der Waals surface area contributed by atoms with E-state index in [1.54, 1.807) is 0 Å². The molecule has 0 fully saturated rings. The van der Waals surface area contributed by atoms with E-state index in [-0.39, 0.29) is 17.4 Å². The first-order valence-electron chi connectivity index (χ1n) is 3.84. The highest BCUT2D eigenvalue weighted by atomic mass is 35.5. The Labute approximate surface area is 97.8 Å². The average molecular weight is 254 g/mol. The summed E-state index contributed by atoms with van der Waals surface area (Å²) in [7, 11) is 1.23. The fraction of sp³-hybridized carbons (Fsp3) is 0.222. The molecule has 1 aromatic carbocycles. The van der Waals surface area contributed by atoms with Crippen molar-refractivity contribution in [2.75, 3.05) is 7.11 Å². The van der Waals surface area contributed by atoms with Gasteiger partial charge in [0.05, 0.1) is 12.1 Å². The Kier molecular flexibility index (Phi) is 5.57. The molecule has 0 heterocycles. The summed E-state index contributed by atoms with van der Waals surface area (Å²) in [6.45, 7) is 0. The molecular weight excluding hydrogens is 244 g/mol. The molecule has 0 bridgehead atoms. The van der Waals surface area contributed by atoms with E-state index in [4.69, 9.17) is 17.3 Å². The molecular formula is C9H10Cl2FNO2. The number of hydrogen-bond acceptors (Lipinski definition) is 3. The van der Waals surface area contributed by atoms with E-state index in [2.05, 4.69) is 4.74 Å². The fourth-order valence-electron chi connectivity index (χ4n) is 0.969. The number of halogens is 3. The fourth-order valence-corrected chi connectivity index (χ4v) is 1.16. The lowest BCUT2D eigenvalue weighted by Crippen LogP contribution is -2.22. The topological polar surface area (TPSA) is 52.3 Å². The van der Waals surface area contributed by atoms with Gasteiger partial charge in [0.15, 0.2) is 0 Å². The first kappa shape index (κ1) is 14.2. The molecule has 1 aromatic rings. The summed E-state index contributed by atoms with van der Waals surface area (Å²) in [5.41, 5.74) is 5.93. The summed E-state index contributed by atoms with van der Waals surface area (Å²) in [5.74, 6) is -1.14. The van der Waals surface area contributed by atoms with Crippen molar-refractivity contribution in [3.05, 3.63) is 34.6 Å². The number of carbonyl (C=O) groups excluding carboxylic acids is 1. The Balaban J connectivity index is 0.00000196. The SMILES string of the molecule is COC(=O)[C@@H](N)c1ccc(F)c(Cl)c1.Cl. The van der Waals surface area contributed by atoms with Crippen LogP contribution in [-0.4, -0.2) is 13.1 Å². The van der Waals surface area contributed by atoms with Gasteiger partial charge in [-0.25, -0.2) is 4.39 Å². The molecule has 0 aromatic heterocycles. The monoisotopic (exact) mass is 253 g/mol. The van der Waals surface area contributed by atoms with Crippen LogP contribution in [0.3, 0.4) is 0 Å². The molecule has 0 aliphatic carbocycles. The largest absolute Gasteiger partial charge is 0.468 e. The third kappa shape index (κ3) is 3.34. The van der Waals surface area contributed by atoms with E-state index in [0.29, 0.717) is 5.56 Å². The zero-order valence-corrected chi connectivity index (χ0v) is 9.44. The maximum atomic E-state index is 12.8. The van der Waals surface area contributed by atoms with E-state index in [9.17, 15) is 9.18 Å². The zero-order valence-electron chi connectivity index (χ0n) is 7.87. The van der Waals surface area contributed by atoms with Gasteiger partial charge in [0.25, 0.3) is 0 Å². The predicted molar refractivity (Wildman–Crippen MR) is 57.6 cm³/mol. The Hall–Kier alpha value is -0.840. The Morgan fingerprint density at radius 3 is 2.67 bits per heavy atom. The van der Waals surface area contributed by atoms with Gasteiger partial charge in [-0.05, 0) is 17.7 Å². The summed E-state index contributed by atoms with van der Waals surface area (Å²) >= 11 is 5.52. The van der Waals surface area contributed by atoms with Crippen LogP contribution in [0.2, 0.25) is 5.02 Å². The number of hydrogen-bond donors (Lipinski definition) is 1. The van der Waals surface area contributed by atoms with Crippen LogP contribution in [0.5, 0.6) is 0 Å². The van der Waals surface area contributed by atoms with Crippen LogP contribution in [0.15, 0.2) is 18.2 Å². The van der Waals surface area contributed by atoms with Gasteiger partial charge in [-0.2, -0.15) is 0 Å². The molecule has 1 atom stereocenters. The standard InChI is InChI=1S/C9H9ClFNO2.ClH/c1-14-9(13)8(12)5-2-3-7(11)6(10)4-5;/h2-4,8H,12H2,1H3;1H/t8-;/m0./s1. The molecule has 84 valence electrons. The van der Waals surface area contributed by atoms with E-state index >= 15 is 0 Å². The number of nitrogens with two attached hydrogens (primary N) is 1. The molecule has 3 nitrogen and oxygen atoms in total. The number of ether oxygens (including phenoxy) is 1. The molecule has 0 saturated carbocycles. The maximum absolute atomic E-state index is 12.8. The summed E-state index contributed by atoms with van der Waals surface area (Å²) in [6, 6.07) is 2.92. The van der Waals surface area contributed by atoms with Gasteiger partial charge in [-0.3, -0.25) is 4.79 Å². The number of methoxy groups -OCH3 is 1. The summed E-state index contributed by atoms with van der Waals surface area (Å²) in [5, 5.41) is -0.0677. The normalized spacial score (nSPS) is 11.5. The maximum Gasteiger partial charge on any atom is 0.327 e. The lowest BCUT2D eigenvalue weighted by Gasteiger charge is -2.09. The molecule has 1 rings (SSSR count). The Bertz CT molecular complexity index is 360. The van der Waals surface area contributed by atoms with Crippen molar-refractivity contribution in [3.63, 3.8) is 0 Å². The minimum absolute atomic E-state index is 0. The van der Waals surface area contributed by atoms with Crippen LogP contribution < -0.4 is 5.73 Å². The van der Waals surface area contributed by atoms with Gasteiger partial charge in [-0.15, -0.1) is 12.4 Å². The highest BCUT2D eigenvalue weighted by Gasteiger charge is 2.16. The first-order chi connectivity index (χ1) is 6.56. The van der Waals surface area contributed by atoms with Crippen molar-refractivity contribution in [1.29, 1.82) is 0 Å². The lowest BCUT2D eigenvalue weighted by atomic mass is 10.1. The first-order valence-corrected chi connectivity index (χ1v) is 4.22. The molecule has 0 radical (unpaired) electrons. The van der Waals surface area contributed by atoms with Crippen LogP contribution in [-0.2, 0) is 9.53 Å². The quantitative estimate of drug-likeness (QED) is 0.822. The van der Waals surface area contributed by atoms with Crippen molar-refractivity contribution in [3.8, 4) is 0 Å². The number of esters is 1. The summed E-state index contributed by atoms with van der Waals surface area (Å²) < 4.78 is 17.2. The zero-order chi connectivity index (χ0) is 10.7. The van der Waals surface area contributed by atoms with Gasteiger partial charge in [0.1, 0.15) is 11.9 Å². The third-order valence-electron chi connectivity index (χ3n) is 1.76. The Morgan fingerprint density at radius 2 is 2.20 bits per heavy atom. The Morgan fingerprint density at radius 1 is 1.60 bits per heavy atom. The second-order valence-electron chi connectivity index (χ2n) is 2.67. The van der Waals surface area contributed by atoms with Crippen molar-refractivity contribution in [1.82, 2.24) is 0 Å². The van der Waals surface area contributed by atoms with E-state index in [1.807, 2.05) is 0 Å². The number of benzene rings is 1. The van der Waals surface area contributed by atoms with Gasteiger partial charge in [0.2, 0.25) is 0 Å². The molecule has 0 saturated heterocycles. The van der Waals surface area contributed by atoms with Crippen molar-refractivity contribution < 1.29 is 13.9 Å². The minimum atomic E-state index is -0.932. The molecule has 0 aliphatic heterocycles. The molecule has 6 heteroatoms. The van der Waals surface area contributed by atoms with Gasteiger partial charge < -0.3 is 10.5 Å². The minimum Gasteiger partial charge on any atom is -0.468 e. The molecule has 0 unspecified atom stereocenters. The number of carbonyl (C=O) groups is 1. The molecule has 0 amide bonds. The molecule has 0 aliphatic rings. The third-order valence-corrected chi connectivity index (χ3v) is 2.05. The van der Waals surface area contributed by atoms with Crippen molar-refractivity contribution in [2.24, 2.45) is 5.73 Å². The van der Waals surface area contributed by atoms with Crippen molar-refractivity contribution >= 4 is 30.0 Å². The van der Waals surface area contributed by atoms with E-state index < -0.39 is 17.8 Å². The molecule has 15 heavy (non-hydrogen) atoms. The average Bonchev–Trinajstić information content (AvgIpc) is 2.20. The van der Waals surface area contributed by atoms with Crippen molar-refractivity contribution in [2.45, 2.75) is 6.04 Å². The molecule has 2 N–H and O–H groups in total. The van der Waals surface area contributed by atoms with Gasteiger partial charge in [0, 0.05) is 0 Å². The summed E-state index contributed by atoms with van der Waals surface area (Å²) in [4.78, 5) is 11.0. The second kappa shape index (κ2) is 5.90. The van der Waals surface area contributed by atoms with E-state index in [1.165, 1.54) is 19.2 Å². The smallest absolute Gasteiger partial charge is 0.327 e. The van der Waals surface area contributed by atoms with E-state index in [0.717, 1.165) is 6.07 Å². The molecule has 0 spiro atoms. The highest BCUT2D eigenvalue weighted by Crippen LogP contribution is 2.20. The van der Waals surface area contributed by atoms with Crippen LogP contribution in [0.4, 0.5) is 4.39 Å². The van der Waals surface area contributed by atoms with Gasteiger partial charge in [-0.1, -0.05) is 17.7 Å². The highest BCUT2D eigenvalue weighted by molar-refractivity contribution is 6.30.